The number of nitrogens with zero attached hydrogens (tertiary/aromatic N) is 3. The van der Waals surface area contributed by atoms with E-state index in [1.54, 1.807) is 18.2 Å². The van der Waals surface area contributed by atoms with Gasteiger partial charge >= 0.3 is 0 Å². The van der Waals surface area contributed by atoms with Gasteiger partial charge in [-0.15, -0.1) is 0 Å². The molecule has 0 unspecified atom stereocenters. The van der Waals surface area contributed by atoms with E-state index in [-0.39, 0.29) is 5.25 Å². The van der Waals surface area contributed by atoms with Crippen LogP contribution in [-0.4, -0.2) is 54.0 Å². The minimum Gasteiger partial charge on any atom is -0.299 e. The number of pyridine rings is 1. The van der Waals surface area contributed by atoms with Crippen LogP contribution < -0.4 is 0 Å². The molecule has 6 heteroatoms. The Hall–Kier alpha value is -0.980. The van der Waals surface area contributed by atoms with E-state index in [9.17, 15) is 8.42 Å². The number of hydrogen-bond donors (Lipinski definition) is 0. The molecule has 3 rings (SSSR count). The lowest BCUT2D eigenvalue weighted by atomic mass is 9.84. The molecule has 0 radical (unpaired) electrons. The monoisotopic (exact) mass is 351 g/mol. The summed E-state index contributed by atoms with van der Waals surface area (Å²) in [6.07, 6.45) is 7.14. The Balaban J connectivity index is 1.49. The fraction of sp³-hybridized carbons (Fsp3) is 0.722. The summed E-state index contributed by atoms with van der Waals surface area (Å²) in [5.41, 5.74) is 1.27. The van der Waals surface area contributed by atoms with Gasteiger partial charge in [0.1, 0.15) is 0 Å². The van der Waals surface area contributed by atoms with Crippen LogP contribution in [0.4, 0.5) is 0 Å². The van der Waals surface area contributed by atoms with Crippen molar-refractivity contribution >= 4 is 10.0 Å². The average molecular weight is 352 g/mol. The van der Waals surface area contributed by atoms with Crippen molar-refractivity contribution in [3.8, 4) is 0 Å². The minimum atomic E-state index is -3.08. The van der Waals surface area contributed by atoms with Crippen molar-refractivity contribution in [3.63, 3.8) is 0 Å². The van der Waals surface area contributed by atoms with Crippen LogP contribution >= 0.6 is 0 Å². The molecule has 1 aromatic rings. The molecular formula is C18H29N3O2S. The zero-order valence-electron chi connectivity index (χ0n) is 14.8. The molecule has 2 fully saturated rings. The molecule has 0 amide bonds. The third kappa shape index (κ3) is 3.98. The maximum absolute atomic E-state index is 12.3. The average Bonchev–Trinajstić information content (AvgIpc) is 3.07. The predicted molar refractivity (Wildman–Crippen MR) is 96.0 cm³/mol. The normalized spacial score (nSPS) is 24.7. The molecule has 0 N–H and O–H groups in total. The standard InChI is InChI=1S/C18H29N3O2S/c1-15(2)24(22,23)21-11-7-18(14-21)17-5-9-20(10-6-17)13-16-4-3-8-19-12-16/h3-4,8,12,15,17-18H,5-7,9-11,13-14H2,1-2H3/t18-/m1/s1. The highest BCUT2D eigenvalue weighted by atomic mass is 32.2. The van der Waals surface area contributed by atoms with Crippen LogP contribution in [0.1, 0.15) is 38.7 Å². The highest BCUT2D eigenvalue weighted by Crippen LogP contribution is 2.33. The summed E-state index contributed by atoms with van der Waals surface area (Å²) in [5, 5.41) is -0.308. The maximum atomic E-state index is 12.3. The lowest BCUT2D eigenvalue weighted by Crippen LogP contribution is -2.38. The van der Waals surface area contributed by atoms with Crippen LogP contribution in [0, 0.1) is 11.8 Å². The number of aromatic nitrogens is 1. The molecule has 0 spiro atoms. The Kier molecular flexibility index (Phi) is 5.57. The SMILES string of the molecule is CC(C)S(=O)(=O)N1CC[C@@H](C2CCN(Cc3cccnc3)CC2)C1. The molecule has 0 bridgehead atoms. The molecule has 134 valence electrons. The molecule has 0 saturated carbocycles. The van der Waals surface area contributed by atoms with Gasteiger partial charge in [0.15, 0.2) is 0 Å². The Morgan fingerprint density at radius 2 is 1.88 bits per heavy atom. The number of hydrogen-bond acceptors (Lipinski definition) is 4. The Bertz CT molecular complexity index is 625. The lowest BCUT2D eigenvalue weighted by molar-refractivity contribution is 0.144. The molecule has 3 heterocycles. The molecule has 2 aliphatic heterocycles. The van der Waals surface area contributed by atoms with Gasteiger partial charge < -0.3 is 0 Å². The first-order chi connectivity index (χ1) is 11.5. The van der Waals surface area contributed by atoms with Crippen LogP contribution in [0.2, 0.25) is 0 Å². The number of sulfonamides is 1. The van der Waals surface area contributed by atoms with Crippen LogP contribution in [0.25, 0.3) is 0 Å². The molecular weight excluding hydrogens is 322 g/mol. The molecule has 2 saturated heterocycles. The number of likely N-dealkylation sites (tertiary alicyclic amines) is 1. The fourth-order valence-electron chi connectivity index (χ4n) is 4.00. The van der Waals surface area contributed by atoms with Gasteiger partial charge in [-0.2, -0.15) is 0 Å². The van der Waals surface area contributed by atoms with Gasteiger partial charge in [0.2, 0.25) is 10.0 Å². The van der Waals surface area contributed by atoms with Crippen LogP contribution in [0.15, 0.2) is 24.5 Å². The quantitative estimate of drug-likeness (QED) is 0.817. The lowest BCUT2D eigenvalue weighted by Gasteiger charge is -2.34. The largest absolute Gasteiger partial charge is 0.299 e. The highest BCUT2D eigenvalue weighted by molar-refractivity contribution is 7.89. The molecule has 5 nitrogen and oxygen atoms in total. The zero-order chi connectivity index (χ0) is 17.2. The van der Waals surface area contributed by atoms with Gasteiger partial charge in [-0.05, 0) is 69.7 Å². The van der Waals surface area contributed by atoms with E-state index in [1.807, 2.05) is 18.5 Å². The third-order valence-corrected chi connectivity index (χ3v) is 7.81. The van der Waals surface area contributed by atoms with Gasteiger partial charge in [0, 0.05) is 32.0 Å². The number of rotatable bonds is 5. The molecule has 1 atom stereocenters. The molecule has 0 aromatic carbocycles. The summed E-state index contributed by atoms with van der Waals surface area (Å²) >= 11 is 0. The van der Waals surface area contributed by atoms with Crippen molar-refractivity contribution in [1.82, 2.24) is 14.2 Å². The first kappa shape index (κ1) is 17.8. The topological polar surface area (TPSA) is 53.5 Å². The van der Waals surface area contributed by atoms with Gasteiger partial charge in [-0.3, -0.25) is 9.88 Å². The van der Waals surface area contributed by atoms with Crippen LogP contribution in [0.3, 0.4) is 0 Å². The van der Waals surface area contributed by atoms with Gasteiger partial charge in [-0.25, -0.2) is 12.7 Å². The van der Waals surface area contributed by atoms with Crippen molar-refractivity contribution in [2.75, 3.05) is 26.2 Å². The van der Waals surface area contributed by atoms with E-state index >= 15 is 0 Å². The van der Waals surface area contributed by atoms with E-state index in [0.29, 0.717) is 18.4 Å². The van der Waals surface area contributed by atoms with Gasteiger partial charge in [0.05, 0.1) is 5.25 Å². The smallest absolute Gasteiger partial charge is 0.216 e. The summed E-state index contributed by atoms with van der Waals surface area (Å²) < 4.78 is 26.4. The van der Waals surface area contributed by atoms with Crippen LogP contribution in [0.5, 0.6) is 0 Å². The van der Waals surface area contributed by atoms with Crippen molar-refractivity contribution in [2.24, 2.45) is 11.8 Å². The van der Waals surface area contributed by atoms with E-state index in [2.05, 4.69) is 16.0 Å². The molecule has 24 heavy (non-hydrogen) atoms. The minimum absolute atomic E-state index is 0.308. The van der Waals surface area contributed by atoms with Crippen molar-refractivity contribution < 1.29 is 8.42 Å². The molecule has 1 aromatic heterocycles. The number of piperidine rings is 1. The fourth-order valence-corrected chi connectivity index (χ4v) is 5.36. The zero-order valence-corrected chi connectivity index (χ0v) is 15.6. The molecule has 2 aliphatic rings. The highest BCUT2D eigenvalue weighted by Gasteiger charge is 2.37. The Labute approximate surface area is 146 Å². The van der Waals surface area contributed by atoms with E-state index < -0.39 is 10.0 Å². The van der Waals surface area contributed by atoms with E-state index in [4.69, 9.17) is 0 Å². The second kappa shape index (κ2) is 7.50. The summed E-state index contributed by atoms with van der Waals surface area (Å²) in [5.74, 6) is 1.21. The Morgan fingerprint density at radius 1 is 1.17 bits per heavy atom. The summed E-state index contributed by atoms with van der Waals surface area (Å²) in [7, 11) is -3.08. The molecule has 0 aliphatic carbocycles. The summed E-state index contributed by atoms with van der Waals surface area (Å²) in [6, 6.07) is 4.12. The Morgan fingerprint density at radius 3 is 2.50 bits per heavy atom. The van der Waals surface area contributed by atoms with Crippen LogP contribution in [-0.2, 0) is 16.6 Å². The predicted octanol–water partition coefficient (Wildman–Crippen LogP) is 2.35. The second-order valence-corrected chi connectivity index (χ2v) is 9.96. The summed E-state index contributed by atoms with van der Waals surface area (Å²) in [4.78, 5) is 6.68. The van der Waals surface area contributed by atoms with Gasteiger partial charge in [0.25, 0.3) is 0 Å². The first-order valence-electron chi connectivity index (χ1n) is 9.07. The first-order valence-corrected chi connectivity index (χ1v) is 10.6. The van der Waals surface area contributed by atoms with Crippen molar-refractivity contribution in [1.29, 1.82) is 0 Å². The third-order valence-electron chi connectivity index (χ3n) is 5.57. The van der Waals surface area contributed by atoms with E-state index in [0.717, 1.165) is 32.6 Å². The van der Waals surface area contributed by atoms with Gasteiger partial charge in [-0.1, -0.05) is 6.07 Å². The van der Waals surface area contributed by atoms with E-state index in [1.165, 1.54) is 18.4 Å². The summed E-state index contributed by atoms with van der Waals surface area (Å²) in [6.45, 7) is 8.17. The van der Waals surface area contributed by atoms with Crippen molar-refractivity contribution in [3.05, 3.63) is 30.1 Å². The van der Waals surface area contributed by atoms with Crippen molar-refractivity contribution in [2.45, 2.75) is 44.9 Å². The maximum Gasteiger partial charge on any atom is 0.216 e. The second-order valence-electron chi connectivity index (χ2n) is 7.48.